The first-order chi connectivity index (χ1) is 14.5. The molecule has 7 heteroatoms. The van der Waals surface area contributed by atoms with E-state index in [9.17, 15) is 9.59 Å². The normalized spacial score (nSPS) is 15.2. The van der Waals surface area contributed by atoms with Crippen LogP contribution >= 0.6 is 27.7 Å². The van der Waals surface area contributed by atoms with E-state index in [-0.39, 0.29) is 11.1 Å². The highest BCUT2D eigenvalue weighted by molar-refractivity contribution is 9.10. The molecule has 5 nitrogen and oxygen atoms in total. The van der Waals surface area contributed by atoms with Gasteiger partial charge in [0.1, 0.15) is 6.61 Å². The quantitative estimate of drug-likeness (QED) is 0.388. The highest BCUT2D eigenvalue weighted by Crippen LogP contribution is 2.39. The van der Waals surface area contributed by atoms with Gasteiger partial charge in [0, 0.05) is 6.54 Å². The molecule has 2 aromatic carbocycles. The molecule has 3 rings (SSSR count). The summed E-state index contributed by atoms with van der Waals surface area (Å²) in [6, 6.07) is 13.6. The summed E-state index contributed by atoms with van der Waals surface area (Å²) in [7, 11) is 0. The molecule has 0 aromatic heterocycles. The van der Waals surface area contributed by atoms with Crippen molar-refractivity contribution < 1.29 is 19.1 Å². The Morgan fingerprint density at radius 1 is 1.10 bits per heavy atom. The van der Waals surface area contributed by atoms with E-state index >= 15 is 0 Å². The van der Waals surface area contributed by atoms with Crippen LogP contribution in [0.1, 0.15) is 37.8 Å². The molecule has 158 valence electrons. The number of thioether (sulfide) groups is 1. The summed E-state index contributed by atoms with van der Waals surface area (Å²) < 4.78 is 12.5. The van der Waals surface area contributed by atoms with Crippen molar-refractivity contribution in [3.05, 3.63) is 63.0 Å². The highest BCUT2D eigenvalue weighted by atomic mass is 79.9. The lowest BCUT2D eigenvalue weighted by Gasteiger charge is -2.15. The third-order valence-electron chi connectivity index (χ3n) is 4.46. The molecule has 0 aliphatic carbocycles. The second-order valence-corrected chi connectivity index (χ2v) is 8.57. The van der Waals surface area contributed by atoms with Gasteiger partial charge in [-0.2, -0.15) is 0 Å². The smallest absolute Gasteiger partial charge is 0.293 e. The maximum absolute atomic E-state index is 12.6. The van der Waals surface area contributed by atoms with Gasteiger partial charge in [0.15, 0.2) is 11.5 Å². The summed E-state index contributed by atoms with van der Waals surface area (Å²) >= 11 is 4.54. The molecule has 1 fully saturated rings. The van der Waals surface area contributed by atoms with Crippen LogP contribution in [-0.4, -0.2) is 29.2 Å². The van der Waals surface area contributed by atoms with Gasteiger partial charge >= 0.3 is 0 Å². The third kappa shape index (κ3) is 5.46. The number of rotatable bonds is 9. The molecule has 0 radical (unpaired) electrons. The van der Waals surface area contributed by atoms with Gasteiger partial charge in [0.05, 0.1) is 16.0 Å². The van der Waals surface area contributed by atoms with E-state index < -0.39 is 0 Å². The van der Waals surface area contributed by atoms with Crippen molar-refractivity contribution in [3.8, 4) is 11.5 Å². The molecule has 1 saturated heterocycles. The van der Waals surface area contributed by atoms with Crippen LogP contribution in [0.25, 0.3) is 6.08 Å². The van der Waals surface area contributed by atoms with Gasteiger partial charge in [-0.3, -0.25) is 14.5 Å². The monoisotopic (exact) mass is 489 g/mol. The predicted octanol–water partition coefficient (Wildman–Crippen LogP) is 6.26. The fraction of sp³-hybridized carbons (Fsp3) is 0.304. The van der Waals surface area contributed by atoms with Crippen LogP contribution in [0.2, 0.25) is 0 Å². The number of carbonyl (C=O) groups is 2. The molecule has 30 heavy (non-hydrogen) atoms. The van der Waals surface area contributed by atoms with Gasteiger partial charge in [0.25, 0.3) is 11.1 Å². The van der Waals surface area contributed by atoms with Crippen molar-refractivity contribution in [1.29, 1.82) is 0 Å². The first kappa shape index (κ1) is 22.4. The summed E-state index contributed by atoms with van der Waals surface area (Å²) in [6.07, 6.45) is 3.46. The standard InChI is InChI=1S/C23H24BrNO4S/c1-3-5-11-25-22(26)20(30-23(25)27)14-17-12-18(24)21(19(13-17)28-4-2)29-15-16-9-7-6-8-10-16/h6-10,12-14H,3-5,11,15H2,1-2H3/b20-14-. The number of imide groups is 1. The molecule has 2 amide bonds. The zero-order valence-electron chi connectivity index (χ0n) is 17.0. The van der Waals surface area contributed by atoms with Crippen LogP contribution in [0.3, 0.4) is 0 Å². The molecule has 1 aliphatic heterocycles. The minimum Gasteiger partial charge on any atom is -0.490 e. The van der Waals surface area contributed by atoms with Gasteiger partial charge in [-0.15, -0.1) is 0 Å². The first-order valence-electron chi connectivity index (χ1n) is 9.92. The van der Waals surface area contributed by atoms with Gasteiger partial charge in [-0.05, 0) is 70.4 Å². The number of hydrogen-bond donors (Lipinski definition) is 0. The van der Waals surface area contributed by atoms with E-state index in [1.54, 1.807) is 6.08 Å². The maximum Gasteiger partial charge on any atom is 0.293 e. The Kier molecular flexibility index (Phi) is 7.99. The summed E-state index contributed by atoms with van der Waals surface area (Å²) in [6.45, 7) is 5.28. The van der Waals surface area contributed by atoms with Gasteiger partial charge < -0.3 is 9.47 Å². The Hall–Kier alpha value is -2.25. The zero-order chi connectivity index (χ0) is 21.5. The molecule has 2 aromatic rings. The van der Waals surface area contributed by atoms with E-state index in [1.165, 1.54) is 4.90 Å². The van der Waals surface area contributed by atoms with Crippen molar-refractivity contribution in [2.24, 2.45) is 0 Å². The van der Waals surface area contributed by atoms with Gasteiger partial charge in [0.2, 0.25) is 0 Å². The molecule has 1 aliphatic rings. The van der Waals surface area contributed by atoms with E-state index in [2.05, 4.69) is 15.9 Å². The summed E-state index contributed by atoms with van der Waals surface area (Å²) in [5.74, 6) is 0.949. The highest BCUT2D eigenvalue weighted by Gasteiger charge is 2.34. The van der Waals surface area contributed by atoms with E-state index in [1.807, 2.05) is 56.3 Å². The topological polar surface area (TPSA) is 55.8 Å². The van der Waals surface area contributed by atoms with Crippen LogP contribution in [0.4, 0.5) is 4.79 Å². The molecule has 0 unspecified atom stereocenters. The van der Waals surface area contributed by atoms with Crippen molar-refractivity contribution in [2.75, 3.05) is 13.2 Å². The van der Waals surface area contributed by atoms with E-state index in [0.29, 0.717) is 36.2 Å². The first-order valence-corrected chi connectivity index (χ1v) is 11.5. The molecule has 0 atom stereocenters. The van der Waals surface area contributed by atoms with Crippen LogP contribution in [0.15, 0.2) is 51.8 Å². The fourth-order valence-electron chi connectivity index (χ4n) is 2.96. The van der Waals surface area contributed by atoms with Crippen LogP contribution in [-0.2, 0) is 11.4 Å². The SMILES string of the molecule is CCCCN1C(=O)S/C(=C\c2cc(Br)c(OCc3ccccc3)c(OCC)c2)C1=O. The molecule has 0 N–H and O–H groups in total. The number of ether oxygens (including phenoxy) is 2. The Morgan fingerprint density at radius 2 is 1.87 bits per heavy atom. The largest absolute Gasteiger partial charge is 0.490 e. The number of carbonyl (C=O) groups excluding carboxylic acids is 2. The lowest BCUT2D eigenvalue weighted by molar-refractivity contribution is -0.122. The Labute approximate surface area is 189 Å². The third-order valence-corrected chi connectivity index (χ3v) is 5.96. The van der Waals surface area contributed by atoms with Crippen LogP contribution < -0.4 is 9.47 Å². The van der Waals surface area contributed by atoms with Gasteiger partial charge in [-0.25, -0.2) is 0 Å². The number of hydrogen-bond acceptors (Lipinski definition) is 5. The predicted molar refractivity (Wildman–Crippen MR) is 124 cm³/mol. The number of amides is 2. The summed E-state index contributed by atoms with van der Waals surface area (Å²) in [5.41, 5.74) is 1.81. The Balaban J connectivity index is 1.83. The number of nitrogens with zero attached hydrogens (tertiary/aromatic N) is 1. The maximum atomic E-state index is 12.6. The fourth-order valence-corrected chi connectivity index (χ4v) is 4.40. The molecule has 0 bridgehead atoms. The van der Waals surface area contributed by atoms with Crippen LogP contribution in [0.5, 0.6) is 11.5 Å². The average Bonchev–Trinajstić information content (AvgIpc) is 2.99. The number of unbranched alkanes of at least 4 members (excludes halogenated alkanes) is 1. The summed E-state index contributed by atoms with van der Waals surface area (Å²) in [4.78, 5) is 26.5. The molecule has 0 spiro atoms. The zero-order valence-corrected chi connectivity index (χ0v) is 19.4. The van der Waals surface area contributed by atoms with Crippen molar-refractivity contribution in [2.45, 2.75) is 33.3 Å². The number of halogens is 1. The van der Waals surface area contributed by atoms with Crippen molar-refractivity contribution >= 4 is 44.9 Å². The Morgan fingerprint density at radius 3 is 2.57 bits per heavy atom. The second kappa shape index (κ2) is 10.7. The number of benzene rings is 2. The van der Waals surface area contributed by atoms with Gasteiger partial charge in [-0.1, -0.05) is 43.7 Å². The molecular weight excluding hydrogens is 466 g/mol. The second-order valence-electron chi connectivity index (χ2n) is 6.72. The Bertz CT molecular complexity index is 946. The van der Waals surface area contributed by atoms with Crippen molar-refractivity contribution in [1.82, 2.24) is 4.90 Å². The molecular formula is C23H24BrNO4S. The average molecular weight is 490 g/mol. The minimum atomic E-state index is -0.239. The molecule has 0 saturated carbocycles. The van der Waals surface area contributed by atoms with E-state index in [4.69, 9.17) is 9.47 Å². The lowest BCUT2D eigenvalue weighted by atomic mass is 10.1. The molecule has 1 heterocycles. The lowest BCUT2D eigenvalue weighted by Crippen LogP contribution is -2.29. The minimum absolute atomic E-state index is 0.216. The van der Waals surface area contributed by atoms with Crippen molar-refractivity contribution in [3.63, 3.8) is 0 Å². The summed E-state index contributed by atoms with van der Waals surface area (Å²) in [5, 5.41) is -0.216. The van der Waals surface area contributed by atoms with Crippen LogP contribution in [0, 0.1) is 0 Å². The van der Waals surface area contributed by atoms with E-state index in [0.717, 1.165) is 40.2 Å².